The molecule has 4 aromatic rings. The normalized spacial score (nSPS) is 10.8. The van der Waals surface area contributed by atoms with Crippen molar-refractivity contribution in [1.29, 1.82) is 0 Å². The minimum absolute atomic E-state index is 0.314. The van der Waals surface area contributed by atoms with Gasteiger partial charge in [0.15, 0.2) is 11.5 Å². The Kier molecular flexibility index (Phi) is 3.83. The number of fused-ring (bicyclic) bond motifs is 1. The molecule has 0 atom stereocenters. The number of halogens is 1. The molecule has 1 aromatic carbocycles. The highest BCUT2D eigenvalue weighted by Gasteiger charge is 2.17. The maximum Gasteiger partial charge on any atom is 0.274 e. The van der Waals surface area contributed by atoms with Gasteiger partial charge in [-0.1, -0.05) is 17.7 Å². The topological polar surface area (TPSA) is 85.1 Å². The number of pyridine rings is 1. The monoisotopic (exact) mass is 350 g/mol. The number of hydrogen-bond donors (Lipinski definition) is 1. The Morgan fingerprint density at radius 1 is 1.04 bits per heavy atom. The summed E-state index contributed by atoms with van der Waals surface area (Å²) < 4.78 is 1.65. The van der Waals surface area contributed by atoms with Crippen LogP contribution < -0.4 is 5.32 Å². The molecular weight excluding hydrogens is 340 g/mol. The van der Waals surface area contributed by atoms with Crippen LogP contribution in [-0.2, 0) is 0 Å². The second-order valence-corrected chi connectivity index (χ2v) is 5.65. The van der Waals surface area contributed by atoms with Crippen molar-refractivity contribution in [3.8, 4) is 11.4 Å². The maximum absolute atomic E-state index is 12.7. The fourth-order valence-electron chi connectivity index (χ4n) is 2.46. The third kappa shape index (κ3) is 2.92. The molecule has 0 radical (unpaired) electrons. The van der Waals surface area contributed by atoms with Gasteiger partial charge in [-0.15, -0.1) is 10.2 Å². The minimum atomic E-state index is -0.338. The van der Waals surface area contributed by atoms with Gasteiger partial charge in [0.1, 0.15) is 5.69 Å². The van der Waals surface area contributed by atoms with Crippen LogP contribution in [0.2, 0.25) is 5.02 Å². The van der Waals surface area contributed by atoms with Crippen LogP contribution >= 0.6 is 11.6 Å². The average Bonchev–Trinajstić information content (AvgIpc) is 3.06. The number of benzene rings is 1. The number of nitrogens with one attached hydrogen (secondary N) is 1. The van der Waals surface area contributed by atoms with E-state index >= 15 is 0 Å². The third-order valence-corrected chi connectivity index (χ3v) is 3.80. The molecule has 122 valence electrons. The van der Waals surface area contributed by atoms with Crippen molar-refractivity contribution in [2.45, 2.75) is 0 Å². The van der Waals surface area contributed by atoms with Crippen LogP contribution in [0.25, 0.3) is 17.0 Å². The van der Waals surface area contributed by atoms with Crippen LogP contribution in [0.1, 0.15) is 10.5 Å². The lowest BCUT2D eigenvalue weighted by atomic mass is 10.2. The van der Waals surface area contributed by atoms with E-state index in [1.165, 1.54) is 6.20 Å². The molecule has 0 saturated carbocycles. The summed E-state index contributed by atoms with van der Waals surface area (Å²) in [5.41, 5.74) is 2.18. The van der Waals surface area contributed by atoms with E-state index in [2.05, 4.69) is 25.5 Å². The van der Waals surface area contributed by atoms with Gasteiger partial charge in [-0.3, -0.25) is 19.2 Å². The molecule has 0 aliphatic rings. The van der Waals surface area contributed by atoms with E-state index in [1.54, 1.807) is 59.4 Å². The highest BCUT2D eigenvalue weighted by Crippen LogP contribution is 2.20. The lowest BCUT2D eigenvalue weighted by Crippen LogP contribution is -2.16. The van der Waals surface area contributed by atoms with Crippen LogP contribution in [0.3, 0.4) is 0 Å². The van der Waals surface area contributed by atoms with E-state index in [0.29, 0.717) is 27.9 Å². The molecule has 0 saturated heterocycles. The summed E-state index contributed by atoms with van der Waals surface area (Å²) in [7, 11) is 0. The zero-order chi connectivity index (χ0) is 17.2. The molecular formula is C17H11ClN6O. The SMILES string of the molecule is O=C(Nc1cccc(Cl)c1)c1cncc2nnc(-c3ccncc3)n12. The van der Waals surface area contributed by atoms with Gasteiger partial charge in [-0.05, 0) is 30.3 Å². The van der Waals surface area contributed by atoms with E-state index in [0.717, 1.165) is 5.56 Å². The maximum atomic E-state index is 12.7. The van der Waals surface area contributed by atoms with Gasteiger partial charge in [-0.25, -0.2) is 0 Å². The molecule has 0 fully saturated rings. The molecule has 3 heterocycles. The number of carbonyl (C=O) groups excluding carboxylic acids is 1. The predicted octanol–water partition coefficient (Wildman–Crippen LogP) is 3.09. The molecule has 0 bridgehead atoms. The molecule has 7 nitrogen and oxygen atoms in total. The number of rotatable bonds is 3. The quantitative estimate of drug-likeness (QED) is 0.613. The van der Waals surface area contributed by atoms with E-state index in [-0.39, 0.29) is 5.91 Å². The molecule has 25 heavy (non-hydrogen) atoms. The van der Waals surface area contributed by atoms with Crippen LogP contribution in [0.4, 0.5) is 5.69 Å². The second kappa shape index (κ2) is 6.29. The van der Waals surface area contributed by atoms with Gasteiger partial charge in [-0.2, -0.15) is 0 Å². The lowest BCUT2D eigenvalue weighted by molar-refractivity contribution is 0.102. The minimum Gasteiger partial charge on any atom is -0.321 e. The predicted molar refractivity (Wildman–Crippen MR) is 93.4 cm³/mol. The van der Waals surface area contributed by atoms with Crippen molar-refractivity contribution in [1.82, 2.24) is 24.6 Å². The molecule has 3 aromatic heterocycles. The molecule has 8 heteroatoms. The number of anilines is 1. The van der Waals surface area contributed by atoms with E-state index < -0.39 is 0 Å². The summed E-state index contributed by atoms with van der Waals surface area (Å²) in [5.74, 6) is 0.200. The Labute approximate surface area is 147 Å². The smallest absolute Gasteiger partial charge is 0.274 e. The first kappa shape index (κ1) is 15.2. The Hall–Kier alpha value is -3.32. The largest absolute Gasteiger partial charge is 0.321 e. The second-order valence-electron chi connectivity index (χ2n) is 5.21. The van der Waals surface area contributed by atoms with E-state index in [4.69, 9.17) is 11.6 Å². The first-order valence-corrected chi connectivity index (χ1v) is 7.76. The Balaban J connectivity index is 1.79. The number of hydrogen-bond acceptors (Lipinski definition) is 5. The summed E-state index contributed by atoms with van der Waals surface area (Å²) >= 11 is 5.96. The highest BCUT2D eigenvalue weighted by molar-refractivity contribution is 6.30. The summed E-state index contributed by atoms with van der Waals surface area (Å²) in [5, 5.41) is 11.6. The zero-order valence-electron chi connectivity index (χ0n) is 12.8. The number of nitrogens with zero attached hydrogens (tertiary/aromatic N) is 5. The highest BCUT2D eigenvalue weighted by atomic mass is 35.5. The van der Waals surface area contributed by atoms with Gasteiger partial charge in [0.05, 0.1) is 12.4 Å². The Bertz CT molecular complexity index is 1060. The number of aromatic nitrogens is 5. The average molecular weight is 351 g/mol. The molecule has 0 unspecified atom stereocenters. The molecule has 4 rings (SSSR count). The summed E-state index contributed by atoms with van der Waals surface area (Å²) in [6, 6.07) is 10.5. The van der Waals surface area contributed by atoms with Crippen LogP contribution in [-0.4, -0.2) is 30.5 Å². The van der Waals surface area contributed by atoms with Gasteiger partial charge in [0.25, 0.3) is 5.91 Å². The van der Waals surface area contributed by atoms with Gasteiger partial charge in [0, 0.05) is 28.7 Å². The molecule has 0 spiro atoms. The Morgan fingerprint density at radius 3 is 2.68 bits per heavy atom. The summed E-state index contributed by atoms with van der Waals surface area (Å²) in [6.07, 6.45) is 6.33. The molecule has 1 N–H and O–H groups in total. The molecule has 0 aliphatic heterocycles. The number of carbonyl (C=O) groups is 1. The van der Waals surface area contributed by atoms with Gasteiger partial charge < -0.3 is 5.32 Å². The van der Waals surface area contributed by atoms with Crippen LogP contribution in [0, 0.1) is 0 Å². The van der Waals surface area contributed by atoms with Crippen molar-refractivity contribution in [2.75, 3.05) is 5.32 Å². The standard InChI is InChI=1S/C17H11ClN6O/c18-12-2-1-3-13(8-12)21-17(25)14-9-20-10-15-22-23-16(24(14)15)11-4-6-19-7-5-11/h1-10H,(H,21,25). The molecule has 0 aliphatic carbocycles. The van der Waals surface area contributed by atoms with Crippen molar-refractivity contribution >= 4 is 28.8 Å². The first-order chi connectivity index (χ1) is 12.2. The third-order valence-electron chi connectivity index (χ3n) is 3.57. The van der Waals surface area contributed by atoms with E-state index in [1.807, 2.05) is 0 Å². The Morgan fingerprint density at radius 2 is 1.88 bits per heavy atom. The van der Waals surface area contributed by atoms with Crippen LogP contribution in [0.5, 0.6) is 0 Å². The summed E-state index contributed by atoms with van der Waals surface area (Å²) in [4.78, 5) is 20.8. The van der Waals surface area contributed by atoms with Gasteiger partial charge in [0.2, 0.25) is 0 Å². The van der Waals surface area contributed by atoms with Crippen LogP contribution in [0.15, 0.2) is 61.2 Å². The fraction of sp³-hybridized carbons (Fsp3) is 0. The van der Waals surface area contributed by atoms with Crippen molar-refractivity contribution in [3.05, 3.63) is 71.9 Å². The number of amides is 1. The van der Waals surface area contributed by atoms with Crippen molar-refractivity contribution in [2.24, 2.45) is 0 Å². The van der Waals surface area contributed by atoms with Crippen molar-refractivity contribution in [3.63, 3.8) is 0 Å². The zero-order valence-corrected chi connectivity index (χ0v) is 13.6. The van der Waals surface area contributed by atoms with Crippen molar-refractivity contribution < 1.29 is 4.79 Å². The lowest BCUT2D eigenvalue weighted by Gasteiger charge is -2.08. The fourth-order valence-corrected chi connectivity index (χ4v) is 2.65. The first-order valence-electron chi connectivity index (χ1n) is 7.39. The summed E-state index contributed by atoms with van der Waals surface area (Å²) in [6.45, 7) is 0. The van der Waals surface area contributed by atoms with E-state index in [9.17, 15) is 4.79 Å². The molecule has 1 amide bonds. The van der Waals surface area contributed by atoms with Gasteiger partial charge >= 0.3 is 0 Å².